The monoisotopic (exact) mass is 237 g/mol. The van der Waals surface area contributed by atoms with Crippen LogP contribution in [0.3, 0.4) is 0 Å². The third-order valence-electron chi connectivity index (χ3n) is 2.64. The predicted octanol–water partition coefficient (Wildman–Crippen LogP) is 1.49. The van der Waals surface area contributed by atoms with Crippen LogP contribution in [-0.2, 0) is 4.79 Å². The third-order valence-corrected chi connectivity index (χ3v) is 2.64. The van der Waals surface area contributed by atoms with E-state index in [9.17, 15) is 9.90 Å². The van der Waals surface area contributed by atoms with Gasteiger partial charge in [-0.2, -0.15) is 0 Å². The lowest BCUT2D eigenvalue weighted by molar-refractivity contribution is -0.114. The second kappa shape index (κ2) is 7.04. The van der Waals surface area contributed by atoms with E-state index in [1.54, 1.807) is 0 Å². The van der Waals surface area contributed by atoms with E-state index in [0.29, 0.717) is 12.8 Å². The van der Waals surface area contributed by atoms with Crippen molar-refractivity contribution in [2.75, 3.05) is 18.5 Å². The Morgan fingerprint density at radius 1 is 1.35 bits per heavy atom. The van der Waals surface area contributed by atoms with E-state index < -0.39 is 0 Å². The van der Waals surface area contributed by atoms with Crippen molar-refractivity contribution in [3.8, 4) is 0 Å². The molecule has 1 aromatic carbocycles. The molecule has 0 fully saturated rings. The minimum Gasteiger partial charge on any atom is -0.396 e. The lowest BCUT2D eigenvalue weighted by Crippen LogP contribution is -2.12. The van der Waals surface area contributed by atoms with Gasteiger partial charge in [0.05, 0.1) is 6.61 Å². The van der Waals surface area contributed by atoms with Gasteiger partial charge in [0.2, 0.25) is 5.91 Å². The normalized spacial score (nSPS) is 12.2. The minimum absolute atomic E-state index is 0.0105. The molecule has 0 saturated carbocycles. The summed E-state index contributed by atoms with van der Waals surface area (Å²) in [5, 5.41) is 20.9. The summed E-state index contributed by atoms with van der Waals surface area (Å²) < 4.78 is 0. The van der Waals surface area contributed by atoms with E-state index >= 15 is 0 Å². The van der Waals surface area contributed by atoms with Crippen LogP contribution in [0.15, 0.2) is 24.3 Å². The van der Waals surface area contributed by atoms with Crippen LogP contribution in [0.25, 0.3) is 0 Å². The van der Waals surface area contributed by atoms with Gasteiger partial charge in [0, 0.05) is 25.1 Å². The van der Waals surface area contributed by atoms with Gasteiger partial charge in [-0.3, -0.25) is 4.79 Å². The predicted molar refractivity (Wildman–Crippen MR) is 66.9 cm³/mol. The molecule has 0 spiro atoms. The van der Waals surface area contributed by atoms with Crippen molar-refractivity contribution < 1.29 is 15.0 Å². The first-order valence-corrected chi connectivity index (χ1v) is 5.77. The first-order chi connectivity index (χ1) is 8.19. The Kier molecular flexibility index (Phi) is 5.66. The molecule has 0 radical (unpaired) electrons. The molecule has 1 aromatic rings. The Hall–Kier alpha value is -1.39. The van der Waals surface area contributed by atoms with Gasteiger partial charge in [0.25, 0.3) is 0 Å². The highest BCUT2D eigenvalue weighted by atomic mass is 16.3. The van der Waals surface area contributed by atoms with Crippen LogP contribution in [0.5, 0.6) is 0 Å². The van der Waals surface area contributed by atoms with Crippen molar-refractivity contribution in [2.24, 2.45) is 0 Å². The fraction of sp³-hybridized carbons (Fsp3) is 0.462. The van der Waals surface area contributed by atoms with Crippen LogP contribution in [0.1, 0.15) is 31.2 Å². The fourth-order valence-electron chi connectivity index (χ4n) is 1.84. The molecule has 0 aliphatic rings. The third kappa shape index (κ3) is 4.17. The molecule has 1 atom stereocenters. The molecule has 4 nitrogen and oxygen atoms in total. The number of para-hydroxylation sites is 1. The van der Waals surface area contributed by atoms with E-state index in [4.69, 9.17) is 5.11 Å². The number of rotatable bonds is 6. The number of benzene rings is 1. The van der Waals surface area contributed by atoms with Gasteiger partial charge in [0.1, 0.15) is 0 Å². The number of hydrogen-bond donors (Lipinski definition) is 3. The van der Waals surface area contributed by atoms with Gasteiger partial charge in [-0.1, -0.05) is 18.2 Å². The average molecular weight is 237 g/mol. The number of anilines is 1. The Morgan fingerprint density at radius 3 is 2.65 bits per heavy atom. The fourth-order valence-corrected chi connectivity index (χ4v) is 1.84. The quantitative estimate of drug-likeness (QED) is 0.702. The summed E-state index contributed by atoms with van der Waals surface area (Å²) in [5.41, 5.74) is 1.65. The van der Waals surface area contributed by atoms with Gasteiger partial charge >= 0.3 is 0 Å². The summed E-state index contributed by atoms with van der Waals surface area (Å²) in [4.78, 5) is 11.1. The van der Waals surface area contributed by atoms with Gasteiger partial charge in [-0.25, -0.2) is 0 Å². The van der Waals surface area contributed by atoms with E-state index in [2.05, 4.69) is 5.32 Å². The number of hydrogen-bond acceptors (Lipinski definition) is 3. The van der Waals surface area contributed by atoms with Gasteiger partial charge in [0.15, 0.2) is 0 Å². The molecule has 17 heavy (non-hydrogen) atoms. The molecule has 1 amide bonds. The molecule has 1 rings (SSSR count). The molecule has 3 N–H and O–H groups in total. The SMILES string of the molecule is CC(=O)Nc1ccccc1C(CO)CCCO. The topological polar surface area (TPSA) is 69.6 Å². The molecule has 0 aliphatic heterocycles. The molecule has 4 heteroatoms. The second-order valence-corrected chi connectivity index (χ2v) is 4.01. The summed E-state index contributed by atoms with van der Waals surface area (Å²) in [6.45, 7) is 1.58. The zero-order valence-electron chi connectivity index (χ0n) is 10.0. The zero-order valence-corrected chi connectivity index (χ0v) is 10.0. The molecule has 94 valence electrons. The van der Waals surface area contributed by atoms with E-state index in [1.165, 1.54) is 6.92 Å². The number of nitrogens with one attached hydrogen (secondary N) is 1. The van der Waals surface area contributed by atoms with Crippen LogP contribution < -0.4 is 5.32 Å². The van der Waals surface area contributed by atoms with Crippen LogP contribution in [0.4, 0.5) is 5.69 Å². The van der Waals surface area contributed by atoms with Crippen molar-refractivity contribution >= 4 is 11.6 Å². The van der Waals surface area contributed by atoms with Gasteiger partial charge in [-0.05, 0) is 24.5 Å². The lowest BCUT2D eigenvalue weighted by Gasteiger charge is -2.18. The number of amides is 1. The van der Waals surface area contributed by atoms with Crippen molar-refractivity contribution in [3.63, 3.8) is 0 Å². The molecule has 0 bridgehead atoms. The largest absolute Gasteiger partial charge is 0.396 e. The Bertz CT molecular complexity index is 365. The first kappa shape index (κ1) is 13.7. The average Bonchev–Trinajstić information content (AvgIpc) is 2.31. The molecular formula is C13H19NO3. The molecule has 0 heterocycles. The summed E-state index contributed by atoms with van der Waals surface area (Å²) in [7, 11) is 0. The molecule has 1 unspecified atom stereocenters. The Labute approximate surface area is 101 Å². The van der Waals surface area contributed by atoms with Crippen molar-refractivity contribution in [2.45, 2.75) is 25.7 Å². The Morgan fingerprint density at radius 2 is 2.06 bits per heavy atom. The van der Waals surface area contributed by atoms with E-state index in [1.807, 2.05) is 24.3 Å². The summed E-state index contributed by atoms with van der Waals surface area (Å²) >= 11 is 0. The number of aliphatic hydroxyl groups is 2. The number of carbonyl (C=O) groups excluding carboxylic acids is 1. The van der Waals surface area contributed by atoms with Crippen LogP contribution in [0.2, 0.25) is 0 Å². The van der Waals surface area contributed by atoms with Crippen molar-refractivity contribution in [1.82, 2.24) is 0 Å². The zero-order chi connectivity index (χ0) is 12.7. The summed E-state index contributed by atoms with van der Waals surface area (Å²) in [6.07, 6.45) is 1.34. The van der Waals surface area contributed by atoms with E-state index in [-0.39, 0.29) is 25.0 Å². The molecule has 0 saturated heterocycles. The summed E-state index contributed by atoms with van der Waals surface area (Å²) in [5.74, 6) is -0.179. The van der Waals surface area contributed by atoms with Crippen molar-refractivity contribution in [1.29, 1.82) is 0 Å². The van der Waals surface area contributed by atoms with Crippen LogP contribution in [0, 0.1) is 0 Å². The lowest BCUT2D eigenvalue weighted by atomic mass is 9.93. The second-order valence-electron chi connectivity index (χ2n) is 4.01. The maximum absolute atomic E-state index is 11.1. The number of aliphatic hydroxyl groups excluding tert-OH is 2. The smallest absolute Gasteiger partial charge is 0.221 e. The number of carbonyl (C=O) groups is 1. The maximum atomic E-state index is 11.1. The molecule has 0 aromatic heterocycles. The minimum atomic E-state index is -0.128. The van der Waals surface area contributed by atoms with Crippen molar-refractivity contribution in [3.05, 3.63) is 29.8 Å². The highest BCUT2D eigenvalue weighted by Crippen LogP contribution is 2.27. The molecular weight excluding hydrogens is 218 g/mol. The summed E-state index contributed by atoms with van der Waals surface area (Å²) in [6, 6.07) is 7.43. The standard InChI is InChI=1S/C13H19NO3/c1-10(17)14-13-7-3-2-6-12(13)11(9-16)5-4-8-15/h2-3,6-7,11,15-16H,4-5,8-9H2,1H3,(H,14,17). The Balaban J connectivity index is 2.88. The highest BCUT2D eigenvalue weighted by Gasteiger charge is 2.14. The van der Waals surface area contributed by atoms with Crippen LogP contribution in [-0.4, -0.2) is 29.3 Å². The highest BCUT2D eigenvalue weighted by molar-refractivity contribution is 5.89. The first-order valence-electron chi connectivity index (χ1n) is 5.77. The van der Waals surface area contributed by atoms with Crippen LogP contribution >= 0.6 is 0 Å². The van der Waals surface area contributed by atoms with Gasteiger partial charge in [-0.15, -0.1) is 0 Å². The molecule has 0 aliphatic carbocycles. The maximum Gasteiger partial charge on any atom is 0.221 e. The van der Waals surface area contributed by atoms with Gasteiger partial charge < -0.3 is 15.5 Å². The van der Waals surface area contributed by atoms with E-state index in [0.717, 1.165) is 11.3 Å².